The minimum atomic E-state index is -0.0269. The number of ether oxygens (including phenoxy) is 1. The Morgan fingerprint density at radius 3 is 2.77 bits per heavy atom. The van der Waals surface area contributed by atoms with Crippen LogP contribution in [0.2, 0.25) is 0 Å². The quantitative estimate of drug-likeness (QED) is 0.794. The monoisotopic (exact) mass is 379 g/mol. The first-order valence-corrected chi connectivity index (χ1v) is 8.80. The molecule has 0 saturated carbocycles. The van der Waals surface area contributed by atoms with Gasteiger partial charge in [-0.2, -0.15) is 0 Å². The van der Waals surface area contributed by atoms with Crippen LogP contribution in [0.1, 0.15) is 11.1 Å². The van der Waals surface area contributed by atoms with Gasteiger partial charge in [0.2, 0.25) is 5.91 Å². The number of aryl methyl sites for hydroxylation is 1. The summed E-state index contributed by atoms with van der Waals surface area (Å²) in [7, 11) is 1.60. The molecule has 0 spiro atoms. The summed E-state index contributed by atoms with van der Waals surface area (Å²) in [6, 6.07) is 13.8. The Balaban J connectivity index is 1.88. The zero-order valence-corrected chi connectivity index (χ0v) is 15.0. The lowest BCUT2D eigenvalue weighted by Crippen LogP contribution is -2.15. The number of methoxy groups -OCH3 is 1. The molecule has 0 aliphatic heterocycles. The van der Waals surface area contributed by atoms with Gasteiger partial charge >= 0.3 is 0 Å². The van der Waals surface area contributed by atoms with Crippen LogP contribution in [0.5, 0.6) is 5.75 Å². The van der Waals surface area contributed by atoms with Gasteiger partial charge in [0.1, 0.15) is 5.75 Å². The van der Waals surface area contributed by atoms with Crippen molar-refractivity contribution in [3.05, 3.63) is 58.1 Å². The number of nitrogens with one attached hydrogen (secondary N) is 1. The summed E-state index contributed by atoms with van der Waals surface area (Å²) >= 11 is 5.10. The Labute approximate surface area is 143 Å². The average Bonchev–Trinajstić information content (AvgIpc) is 2.49. The van der Waals surface area contributed by atoms with Crippen molar-refractivity contribution in [2.24, 2.45) is 0 Å². The maximum Gasteiger partial charge on any atom is 0.234 e. The van der Waals surface area contributed by atoms with Crippen molar-refractivity contribution in [2.75, 3.05) is 18.2 Å². The Kier molecular flexibility index (Phi) is 6.34. The van der Waals surface area contributed by atoms with E-state index in [1.165, 1.54) is 5.56 Å². The third-order valence-electron chi connectivity index (χ3n) is 3.08. The third-order valence-corrected chi connectivity index (χ3v) is 4.83. The molecule has 0 bridgehead atoms. The van der Waals surface area contributed by atoms with E-state index in [9.17, 15) is 4.79 Å². The van der Waals surface area contributed by atoms with Crippen LogP contribution in [-0.2, 0) is 10.5 Å². The van der Waals surface area contributed by atoms with Gasteiger partial charge in [-0.1, -0.05) is 40.2 Å². The maximum absolute atomic E-state index is 12.1. The lowest BCUT2D eigenvalue weighted by atomic mass is 10.2. The molecule has 0 saturated heterocycles. The molecular formula is C17H18BrNO2S. The molecule has 0 aromatic heterocycles. The van der Waals surface area contributed by atoms with Gasteiger partial charge in [0.15, 0.2) is 0 Å². The highest BCUT2D eigenvalue weighted by molar-refractivity contribution is 9.10. The lowest BCUT2D eigenvalue weighted by molar-refractivity contribution is -0.113. The van der Waals surface area contributed by atoms with Crippen molar-refractivity contribution in [1.29, 1.82) is 0 Å². The minimum Gasteiger partial charge on any atom is -0.495 e. The highest BCUT2D eigenvalue weighted by Gasteiger charge is 2.08. The molecule has 1 N–H and O–H groups in total. The normalized spacial score (nSPS) is 10.3. The van der Waals surface area contributed by atoms with E-state index in [1.54, 1.807) is 18.9 Å². The lowest BCUT2D eigenvalue weighted by Gasteiger charge is -2.11. The predicted molar refractivity (Wildman–Crippen MR) is 96.7 cm³/mol. The first kappa shape index (κ1) is 16.9. The molecule has 3 nitrogen and oxygen atoms in total. The maximum atomic E-state index is 12.1. The summed E-state index contributed by atoms with van der Waals surface area (Å²) in [5.74, 6) is 1.84. The molecule has 0 aliphatic rings. The summed E-state index contributed by atoms with van der Waals surface area (Å²) in [5.41, 5.74) is 2.99. The fraction of sp³-hybridized carbons (Fsp3) is 0.235. The first-order valence-electron chi connectivity index (χ1n) is 6.86. The van der Waals surface area contributed by atoms with Gasteiger partial charge in [-0.25, -0.2) is 0 Å². The Hall–Kier alpha value is -1.46. The van der Waals surface area contributed by atoms with Crippen molar-refractivity contribution >= 4 is 39.3 Å². The summed E-state index contributed by atoms with van der Waals surface area (Å²) in [6.07, 6.45) is 0. The van der Waals surface area contributed by atoms with Gasteiger partial charge in [0.05, 0.1) is 18.6 Å². The second kappa shape index (κ2) is 8.25. The molecule has 1 amide bonds. The number of thioether (sulfide) groups is 1. The largest absolute Gasteiger partial charge is 0.495 e. The topological polar surface area (TPSA) is 38.3 Å². The van der Waals surface area contributed by atoms with Gasteiger partial charge in [-0.3, -0.25) is 4.79 Å². The molecule has 2 aromatic carbocycles. The van der Waals surface area contributed by atoms with Gasteiger partial charge in [0, 0.05) is 10.2 Å². The Morgan fingerprint density at radius 1 is 1.27 bits per heavy atom. The zero-order chi connectivity index (χ0) is 15.9. The highest BCUT2D eigenvalue weighted by atomic mass is 79.9. The standard InChI is InChI=1S/C17H18BrNO2S/c1-12-7-8-16(21-2)15(9-12)19-17(20)11-22-10-13-5-3-4-6-14(13)18/h3-9H,10-11H2,1-2H3,(H,19,20). The average molecular weight is 380 g/mol. The zero-order valence-electron chi connectivity index (χ0n) is 12.6. The second-order valence-corrected chi connectivity index (χ2v) is 6.68. The van der Waals surface area contributed by atoms with Crippen LogP contribution in [0.25, 0.3) is 0 Å². The summed E-state index contributed by atoms with van der Waals surface area (Å²) in [4.78, 5) is 12.1. The van der Waals surface area contributed by atoms with Gasteiger partial charge < -0.3 is 10.1 Å². The van der Waals surface area contributed by atoms with Crippen molar-refractivity contribution in [3.8, 4) is 5.75 Å². The number of halogens is 1. The smallest absolute Gasteiger partial charge is 0.234 e. The molecule has 0 unspecified atom stereocenters. The van der Waals surface area contributed by atoms with Gasteiger partial charge in [-0.05, 0) is 36.2 Å². The van der Waals surface area contributed by atoms with Crippen molar-refractivity contribution < 1.29 is 9.53 Å². The number of benzene rings is 2. The van der Waals surface area contributed by atoms with Crippen LogP contribution >= 0.6 is 27.7 Å². The number of anilines is 1. The molecule has 5 heteroatoms. The summed E-state index contributed by atoms with van der Waals surface area (Å²) < 4.78 is 6.34. The van der Waals surface area contributed by atoms with Crippen LogP contribution in [0.15, 0.2) is 46.9 Å². The van der Waals surface area contributed by atoms with Gasteiger partial charge in [-0.15, -0.1) is 11.8 Å². The molecule has 116 valence electrons. The van der Waals surface area contributed by atoms with Crippen LogP contribution < -0.4 is 10.1 Å². The Morgan fingerprint density at radius 2 is 2.05 bits per heavy atom. The van der Waals surface area contributed by atoms with Crippen molar-refractivity contribution in [2.45, 2.75) is 12.7 Å². The minimum absolute atomic E-state index is 0.0269. The van der Waals surface area contributed by atoms with E-state index >= 15 is 0 Å². The van der Waals surface area contributed by atoms with E-state index in [0.29, 0.717) is 17.2 Å². The van der Waals surface area contributed by atoms with E-state index in [0.717, 1.165) is 15.8 Å². The van der Waals surface area contributed by atoms with E-state index in [-0.39, 0.29) is 5.91 Å². The number of rotatable bonds is 6. The highest BCUT2D eigenvalue weighted by Crippen LogP contribution is 2.26. The number of carbonyl (C=O) groups is 1. The Bertz CT molecular complexity index is 661. The third kappa shape index (κ3) is 4.78. The SMILES string of the molecule is COc1ccc(C)cc1NC(=O)CSCc1ccccc1Br. The number of hydrogen-bond acceptors (Lipinski definition) is 3. The van der Waals surface area contributed by atoms with Crippen LogP contribution in [0, 0.1) is 6.92 Å². The first-order chi connectivity index (χ1) is 10.6. The van der Waals surface area contributed by atoms with Crippen LogP contribution in [0.4, 0.5) is 5.69 Å². The fourth-order valence-electron chi connectivity index (χ4n) is 1.97. The van der Waals surface area contributed by atoms with Crippen LogP contribution in [-0.4, -0.2) is 18.8 Å². The van der Waals surface area contributed by atoms with E-state index in [1.807, 2.05) is 43.3 Å². The van der Waals surface area contributed by atoms with Crippen LogP contribution in [0.3, 0.4) is 0 Å². The summed E-state index contributed by atoms with van der Waals surface area (Å²) in [6.45, 7) is 1.98. The molecule has 0 heterocycles. The molecule has 0 atom stereocenters. The van der Waals surface area contributed by atoms with Crippen molar-refractivity contribution in [3.63, 3.8) is 0 Å². The molecule has 2 aromatic rings. The van der Waals surface area contributed by atoms with Gasteiger partial charge in [0.25, 0.3) is 0 Å². The van der Waals surface area contributed by atoms with Crippen molar-refractivity contribution in [1.82, 2.24) is 0 Å². The molecule has 0 radical (unpaired) electrons. The second-order valence-electron chi connectivity index (χ2n) is 4.84. The van der Waals surface area contributed by atoms with E-state index < -0.39 is 0 Å². The van der Waals surface area contributed by atoms with E-state index in [2.05, 4.69) is 27.3 Å². The molecule has 22 heavy (non-hydrogen) atoms. The molecule has 0 fully saturated rings. The number of carbonyl (C=O) groups excluding carboxylic acids is 1. The summed E-state index contributed by atoms with van der Waals surface area (Å²) in [5, 5.41) is 2.91. The number of amides is 1. The molecular weight excluding hydrogens is 362 g/mol. The number of hydrogen-bond donors (Lipinski definition) is 1. The molecule has 2 rings (SSSR count). The molecule has 0 aliphatic carbocycles. The predicted octanol–water partition coefficient (Wildman–Crippen LogP) is 4.64. The fourth-order valence-corrected chi connectivity index (χ4v) is 3.42. The van der Waals surface area contributed by atoms with E-state index in [4.69, 9.17) is 4.74 Å².